The fraction of sp³-hybridized carbons (Fsp3) is 0.278. The summed E-state index contributed by atoms with van der Waals surface area (Å²) in [6, 6.07) is 5.04. The minimum Gasteiger partial charge on any atom is -0.483 e. The van der Waals surface area contributed by atoms with Crippen molar-refractivity contribution < 1.29 is 23.9 Å². The molecule has 2 aromatic rings. The number of anilines is 1. The third kappa shape index (κ3) is 4.99. The van der Waals surface area contributed by atoms with Crippen LogP contribution in [0.3, 0.4) is 0 Å². The SMILES string of the molecule is CCOC(=O)c1c(NC(=O)COc2ccc(Cl)cc2C)sc(C(N)=O)c1C. The van der Waals surface area contributed by atoms with E-state index >= 15 is 0 Å². The summed E-state index contributed by atoms with van der Waals surface area (Å²) in [5.74, 6) is -1.30. The lowest BCUT2D eigenvalue weighted by Crippen LogP contribution is -2.21. The molecule has 1 aromatic heterocycles. The van der Waals surface area contributed by atoms with Crippen LogP contribution in [0.1, 0.15) is 38.1 Å². The first kappa shape index (κ1) is 20.7. The largest absolute Gasteiger partial charge is 0.483 e. The number of nitrogens with one attached hydrogen (secondary N) is 1. The maximum atomic E-state index is 12.3. The molecule has 0 aliphatic heterocycles. The highest BCUT2D eigenvalue weighted by Crippen LogP contribution is 2.33. The molecule has 0 radical (unpaired) electrons. The maximum Gasteiger partial charge on any atom is 0.341 e. The van der Waals surface area contributed by atoms with Gasteiger partial charge in [-0.15, -0.1) is 11.3 Å². The summed E-state index contributed by atoms with van der Waals surface area (Å²) in [6.45, 7) is 4.92. The van der Waals surface area contributed by atoms with Crippen LogP contribution in [0, 0.1) is 13.8 Å². The molecule has 0 spiro atoms. The molecule has 0 saturated carbocycles. The lowest BCUT2D eigenvalue weighted by Gasteiger charge is -2.10. The Balaban J connectivity index is 2.17. The van der Waals surface area contributed by atoms with Crippen molar-refractivity contribution in [3.8, 4) is 5.75 Å². The van der Waals surface area contributed by atoms with Gasteiger partial charge in [0.15, 0.2) is 6.61 Å². The van der Waals surface area contributed by atoms with Crippen LogP contribution in [-0.2, 0) is 9.53 Å². The molecule has 7 nitrogen and oxygen atoms in total. The lowest BCUT2D eigenvalue weighted by molar-refractivity contribution is -0.118. The highest BCUT2D eigenvalue weighted by Gasteiger charge is 2.25. The van der Waals surface area contributed by atoms with Crippen LogP contribution in [0.2, 0.25) is 5.02 Å². The molecule has 0 saturated heterocycles. The number of benzene rings is 1. The van der Waals surface area contributed by atoms with E-state index < -0.39 is 17.8 Å². The first-order chi connectivity index (χ1) is 12.7. The second kappa shape index (κ2) is 8.88. The van der Waals surface area contributed by atoms with E-state index in [-0.39, 0.29) is 28.7 Å². The van der Waals surface area contributed by atoms with Crippen molar-refractivity contribution >= 4 is 45.7 Å². The Morgan fingerprint density at radius 1 is 1.26 bits per heavy atom. The number of aryl methyl sites for hydroxylation is 1. The number of primary amides is 1. The van der Waals surface area contributed by atoms with Gasteiger partial charge in [0, 0.05) is 5.02 Å². The molecule has 2 rings (SSSR count). The number of ether oxygens (including phenoxy) is 2. The molecule has 0 aliphatic rings. The number of halogens is 1. The Labute approximate surface area is 165 Å². The van der Waals surface area contributed by atoms with Gasteiger partial charge in [0.2, 0.25) is 0 Å². The first-order valence-electron chi connectivity index (χ1n) is 8.03. The summed E-state index contributed by atoms with van der Waals surface area (Å²) < 4.78 is 10.5. The molecule has 2 amide bonds. The Bertz CT molecular complexity index is 894. The Morgan fingerprint density at radius 2 is 1.96 bits per heavy atom. The van der Waals surface area contributed by atoms with Crippen molar-refractivity contribution in [2.45, 2.75) is 20.8 Å². The second-order valence-corrected chi connectivity index (χ2v) is 7.05. The number of carbonyl (C=O) groups excluding carboxylic acids is 3. The normalized spacial score (nSPS) is 10.4. The molecule has 3 N–H and O–H groups in total. The van der Waals surface area contributed by atoms with Crippen LogP contribution >= 0.6 is 22.9 Å². The number of carbonyl (C=O) groups is 3. The molecule has 0 fully saturated rings. The van der Waals surface area contributed by atoms with E-state index in [2.05, 4.69) is 5.32 Å². The minimum absolute atomic E-state index is 0.117. The summed E-state index contributed by atoms with van der Waals surface area (Å²) in [5.41, 5.74) is 6.61. The Hall–Kier alpha value is -2.58. The second-order valence-electron chi connectivity index (χ2n) is 5.59. The van der Waals surface area contributed by atoms with Crippen molar-refractivity contribution in [2.24, 2.45) is 5.73 Å². The standard InChI is InChI=1S/C18H19ClN2O5S/c1-4-25-18(24)14-10(3)15(16(20)23)27-17(14)21-13(22)8-26-12-6-5-11(19)7-9(12)2/h5-7H,4,8H2,1-3H3,(H2,20,23)(H,21,22). The molecule has 0 aliphatic carbocycles. The molecule has 1 heterocycles. The molecule has 0 unspecified atom stereocenters. The Morgan fingerprint density at radius 3 is 2.56 bits per heavy atom. The molecule has 9 heteroatoms. The zero-order valence-electron chi connectivity index (χ0n) is 15.1. The predicted molar refractivity (Wildman–Crippen MR) is 104 cm³/mol. The summed E-state index contributed by atoms with van der Waals surface area (Å²) in [7, 11) is 0. The topological polar surface area (TPSA) is 108 Å². The van der Waals surface area contributed by atoms with Crippen molar-refractivity contribution in [1.29, 1.82) is 0 Å². The number of thiophene rings is 1. The van der Waals surface area contributed by atoms with E-state index in [1.807, 2.05) is 0 Å². The van der Waals surface area contributed by atoms with Gasteiger partial charge in [-0.2, -0.15) is 0 Å². The predicted octanol–water partition coefficient (Wildman–Crippen LogP) is 3.31. The van der Waals surface area contributed by atoms with Gasteiger partial charge in [-0.05, 0) is 50.1 Å². The van der Waals surface area contributed by atoms with Gasteiger partial charge in [-0.25, -0.2) is 4.79 Å². The number of rotatable bonds is 7. The van der Waals surface area contributed by atoms with Crippen molar-refractivity contribution in [3.05, 3.63) is 44.8 Å². The van der Waals surface area contributed by atoms with Gasteiger partial charge >= 0.3 is 5.97 Å². The lowest BCUT2D eigenvalue weighted by atomic mass is 10.1. The summed E-state index contributed by atoms with van der Waals surface area (Å²) in [5, 5.41) is 3.35. The zero-order valence-corrected chi connectivity index (χ0v) is 16.6. The zero-order chi connectivity index (χ0) is 20.1. The van der Waals surface area contributed by atoms with Gasteiger partial charge in [0.1, 0.15) is 10.8 Å². The van der Waals surface area contributed by atoms with Crippen molar-refractivity contribution in [1.82, 2.24) is 0 Å². The van der Waals surface area contributed by atoms with E-state index in [1.165, 1.54) is 0 Å². The molecular formula is C18H19ClN2O5S. The maximum absolute atomic E-state index is 12.3. The van der Waals surface area contributed by atoms with Crippen LogP contribution in [0.5, 0.6) is 5.75 Å². The molecular weight excluding hydrogens is 392 g/mol. The molecule has 0 bridgehead atoms. The number of amides is 2. The van der Waals surface area contributed by atoms with Crippen molar-refractivity contribution in [3.63, 3.8) is 0 Å². The minimum atomic E-state index is -0.684. The van der Waals surface area contributed by atoms with Crippen molar-refractivity contribution in [2.75, 3.05) is 18.5 Å². The smallest absolute Gasteiger partial charge is 0.341 e. The highest BCUT2D eigenvalue weighted by atomic mass is 35.5. The van der Waals surface area contributed by atoms with E-state index in [1.54, 1.807) is 39.0 Å². The molecule has 27 heavy (non-hydrogen) atoms. The van der Waals surface area contributed by atoms with E-state index in [0.29, 0.717) is 16.3 Å². The Kier molecular flexibility index (Phi) is 6.81. The monoisotopic (exact) mass is 410 g/mol. The van der Waals surface area contributed by atoms with Crippen LogP contribution in [-0.4, -0.2) is 31.0 Å². The van der Waals surface area contributed by atoms with Gasteiger partial charge < -0.3 is 20.5 Å². The fourth-order valence-electron chi connectivity index (χ4n) is 2.37. The van der Waals surface area contributed by atoms with Crippen LogP contribution in [0.4, 0.5) is 5.00 Å². The third-order valence-corrected chi connectivity index (χ3v) is 5.06. The van der Waals surface area contributed by atoms with Crippen LogP contribution in [0.15, 0.2) is 18.2 Å². The first-order valence-corrected chi connectivity index (χ1v) is 9.23. The average molecular weight is 411 g/mol. The fourth-order valence-corrected chi connectivity index (χ4v) is 3.66. The van der Waals surface area contributed by atoms with Gasteiger partial charge in [0.25, 0.3) is 11.8 Å². The number of nitrogens with two attached hydrogens (primary N) is 1. The summed E-state index contributed by atoms with van der Waals surface area (Å²) >= 11 is 6.81. The molecule has 1 aromatic carbocycles. The summed E-state index contributed by atoms with van der Waals surface area (Å²) in [4.78, 5) is 36.2. The number of hydrogen-bond donors (Lipinski definition) is 2. The number of esters is 1. The summed E-state index contributed by atoms with van der Waals surface area (Å²) in [6.07, 6.45) is 0. The van der Waals surface area contributed by atoms with E-state index in [9.17, 15) is 14.4 Å². The van der Waals surface area contributed by atoms with Gasteiger partial charge in [0.05, 0.1) is 17.0 Å². The van der Waals surface area contributed by atoms with Crippen LogP contribution in [0.25, 0.3) is 0 Å². The van der Waals surface area contributed by atoms with Gasteiger partial charge in [-0.1, -0.05) is 11.6 Å². The van der Waals surface area contributed by atoms with Gasteiger partial charge in [-0.3, -0.25) is 9.59 Å². The molecule has 144 valence electrons. The number of hydrogen-bond acceptors (Lipinski definition) is 6. The van der Waals surface area contributed by atoms with E-state index in [4.69, 9.17) is 26.8 Å². The third-order valence-electron chi connectivity index (χ3n) is 3.60. The van der Waals surface area contributed by atoms with E-state index in [0.717, 1.165) is 16.9 Å². The molecule has 0 atom stereocenters. The van der Waals surface area contributed by atoms with Crippen LogP contribution < -0.4 is 15.8 Å². The highest BCUT2D eigenvalue weighted by molar-refractivity contribution is 7.18. The quantitative estimate of drug-likeness (QED) is 0.681. The average Bonchev–Trinajstić information content (AvgIpc) is 2.90.